The molecule has 1 aliphatic heterocycles. The molecule has 2 aromatic carbocycles. The number of hydrogen-bond acceptors (Lipinski definition) is 5. The van der Waals surface area contributed by atoms with E-state index in [0.717, 1.165) is 12.1 Å². The molecule has 1 aliphatic rings. The van der Waals surface area contributed by atoms with E-state index >= 15 is 0 Å². The van der Waals surface area contributed by atoms with Crippen LogP contribution in [0.4, 0.5) is 10.1 Å². The number of amides is 1. The number of carbonyl (C=O) groups excluding carboxylic acids is 1. The maximum absolute atomic E-state index is 12.9. The maximum atomic E-state index is 12.9. The summed E-state index contributed by atoms with van der Waals surface area (Å²) in [4.78, 5) is 12.3. The fourth-order valence-corrected chi connectivity index (χ4v) is 3.96. The highest BCUT2D eigenvalue weighted by molar-refractivity contribution is 7.89. The Balaban J connectivity index is 1.87. The minimum Gasteiger partial charge on any atom is -0.507 e. The van der Waals surface area contributed by atoms with Gasteiger partial charge in [0.1, 0.15) is 11.6 Å². The normalized spacial score (nSPS) is 15.6. The monoisotopic (exact) mass is 380 g/mol. The summed E-state index contributed by atoms with van der Waals surface area (Å²) in [5.74, 6) is -1.51. The number of hydrogen-bond donors (Lipinski definition) is 2. The van der Waals surface area contributed by atoms with Crippen LogP contribution in [0.1, 0.15) is 10.4 Å². The van der Waals surface area contributed by atoms with Gasteiger partial charge in [0.25, 0.3) is 5.91 Å². The standard InChI is InChI=1S/C17H17FN2O5S/c18-12-1-3-13(4-2-12)19-17(22)15-11-14(5-6-16(15)21)26(23,24)20-7-9-25-10-8-20/h1-6,11,21H,7-10H2,(H,19,22). The van der Waals surface area contributed by atoms with E-state index in [9.17, 15) is 22.7 Å². The summed E-state index contributed by atoms with van der Waals surface area (Å²) in [6.45, 7) is 1.05. The topological polar surface area (TPSA) is 95.9 Å². The molecule has 0 aliphatic carbocycles. The highest BCUT2D eigenvalue weighted by atomic mass is 32.2. The van der Waals surface area contributed by atoms with Crippen LogP contribution in [0.5, 0.6) is 5.75 Å². The van der Waals surface area contributed by atoms with Crippen LogP contribution < -0.4 is 5.32 Å². The molecule has 1 heterocycles. The van der Waals surface area contributed by atoms with Crippen molar-refractivity contribution in [3.05, 3.63) is 53.8 Å². The summed E-state index contributed by atoms with van der Waals surface area (Å²) < 4.78 is 44.7. The summed E-state index contributed by atoms with van der Waals surface area (Å²) in [7, 11) is -3.80. The molecule has 1 saturated heterocycles. The van der Waals surface area contributed by atoms with Gasteiger partial charge in [0, 0.05) is 18.8 Å². The Bertz CT molecular complexity index is 909. The molecule has 138 valence electrons. The van der Waals surface area contributed by atoms with Crippen LogP contribution in [-0.2, 0) is 14.8 Å². The first-order valence-electron chi connectivity index (χ1n) is 7.86. The summed E-state index contributed by atoms with van der Waals surface area (Å²) in [6.07, 6.45) is 0. The first-order valence-corrected chi connectivity index (χ1v) is 9.30. The zero-order chi connectivity index (χ0) is 18.7. The number of ether oxygens (including phenoxy) is 1. The van der Waals surface area contributed by atoms with Gasteiger partial charge in [0.05, 0.1) is 23.7 Å². The van der Waals surface area contributed by atoms with Crippen molar-refractivity contribution < 1.29 is 27.4 Å². The number of rotatable bonds is 4. The summed E-state index contributed by atoms with van der Waals surface area (Å²) in [5, 5.41) is 12.4. The molecule has 0 bridgehead atoms. The van der Waals surface area contributed by atoms with Crippen LogP contribution in [0.25, 0.3) is 0 Å². The third kappa shape index (κ3) is 3.85. The van der Waals surface area contributed by atoms with E-state index in [-0.39, 0.29) is 29.3 Å². The van der Waals surface area contributed by atoms with E-state index in [1.165, 1.54) is 34.6 Å². The van der Waals surface area contributed by atoms with E-state index in [4.69, 9.17) is 4.74 Å². The zero-order valence-corrected chi connectivity index (χ0v) is 14.5. The van der Waals surface area contributed by atoms with Crippen molar-refractivity contribution in [1.29, 1.82) is 0 Å². The number of nitrogens with zero attached hydrogens (tertiary/aromatic N) is 1. The second kappa shape index (κ2) is 7.40. The van der Waals surface area contributed by atoms with E-state index in [2.05, 4.69) is 5.32 Å². The van der Waals surface area contributed by atoms with Crippen LogP contribution in [0.2, 0.25) is 0 Å². The number of sulfonamides is 1. The number of phenols is 1. The summed E-state index contributed by atoms with van der Waals surface area (Å²) in [5.41, 5.74) is 0.126. The van der Waals surface area contributed by atoms with Crippen molar-refractivity contribution in [2.75, 3.05) is 31.6 Å². The second-order valence-electron chi connectivity index (χ2n) is 5.66. The molecule has 0 aromatic heterocycles. The average molecular weight is 380 g/mol. The molecule has 26 heavy (non-hydrogen) atoms. The largest absolute Gasteiger partial charge is 0.507 e. The van der Waals surface area contributed by atoms with Gasteiger partial charge >= 0.3 is 0 Å². The lowest BCUT2D eigenvalue weighted by Gasteiger charge is -2.26. The molecule has 9 heteroatoms. The molecule has 0 spiro atoms. The average Bonchev–Trinajstić information content (AvgIpc) is 2.64. The number of nitrogens with one attached hydrogen (secondary N) is 1. The number of phenolic OH excluding ortho intramolecular Hbond substituents is 1. The molecule has 1 fully saturated rings. The predicted octanol–water partition coefficient (Wildman–Crippen LogP) is 1.80. The number of carbonyl (C=O) groups is 1. The van der Waals surface area contributed by atoms with Gasteiger partial charge in [-0.05, 0) is 42.5 Å². The van der Waals surface area contributed by atoms with Gasteiger partial charge in [-0.2, -0.15) is 4.31 Å². The third-order valence-corrected chi connectivity index (χ3v) is 5.82. The Morgan fingerprint density at radius 1 is 1.12 bits per heavy atom. The molecule has 3 rings (SSSR count). The lowest BCUT2D eigenvalue weighted by Crippen LogP contribution is -2.40. The number of morpholine rings is 1. The van der Waals surface area contributed by atoms with E-state index < -0.39 is 21.7 Å². The fraction of sp³-hybridized carbons (Fsp3) is 0.235. The Kier molecular flexibility index (Phi) is 5.21. The van der Waals surface area contributed by atoms with Crippen molar-refractivity contribution in [3.63, 3.8) is 0 Å². The van der Waals surface area contributed by atoms with Crippen molar-refractivity contribution in [3.8, 4) is 5.75 Å². The molecule has 0 unspecified atom stereocenters. The first-order chi connectivity index (χ1) is 12.4. The lowest BCUT2D eigenvalue weighted by molar-refractivity contribution is 0.0730. The number of halogens is 1. The van der Waals surface area contributed by atoms with Crippen LogP contribution in [-0.4, -0.2) is 50.0 Å². The van der Waals surface area contributed by atoms with E-state index in [0.29, 0.717) is 18.9 Å². The minimum absolute atomic E-state index is 0.0959. The van der Waals surface area contributed by atoms with Crippen LogP contribution in [0.15, 0.2) is 47.4 Å². The van der Waals surface area contributed by atoms with Crippen LogP contribution >= 0.6 is 0 Å². The molecular formula is C17H17FN2O5S. The SMILES string of the molecule is O=C(Nc1ccc(F)cc1)c1cc(S(=O)(=O)N2CCOCC2)ccc1O. The molecule has 0 atom stereocenters. The quantitative estimate of drug-likeness (QED) is 0.843. The zero-order valence-electron chi connectivity index (χ0n) is 13.7. The summed E-state index contributed by atoms with van der Waals surface area (Å²) >= 11 is 0. The Morgan fingerprint density at radius 3 is 2.42 bits per heavy atom. The highest BCUT2D eigenvalue weighted by Crippen LogP contribution is 2.25. The lowest BCUT2D eigenvalue weighted by atomic mass is 10.2. The van der Waals surface area contributed by atoms with Crippen molar-refractivity contribution in [2.24, 2.45) is 0 Å². The highest BCUT2D eigenvalue weighted by Gasteiger charge is 2.27. The first kappa shape index (κ1) is 18.3. The fourth-order valence-electron chi connectivity index (χ4n) is 2.53. The van der Waals surface area contributed by atoms with Gasteiger partial charge in [0.2, 0.25) is 10.0 Å². The molecule has 0 radical (unpaired) electrons. The van der Waals surface area contributed by atoms with Crippen LogP contribution in [0, 0.1) is 5.82 Å². The number of anilines is 1. The molecule has 2 aromatic rings. The Labute approximate surface area is 150 Å². The second-order valence-corrected chi connectivity index (χ2v) is 7.59. The van der Waals surface area contributed by atoms with Gasteiger partial charge in [-0.15, -0.1) is 0 Å². The van der Waals surface area contributed by atoms with Gasteiger partial charge < -0.3 is 15.2 Å². The van der Waals surface area contributed by atoms with E-state index in [1.54, 1.807) is 0 Å². The summed E-state index contributed by atoms with van der Waals surface area (Å²) in [6, 6.07) is 8.60. The van der Waals surface area contributed by atoms with Crippen molar-refractivity contribution in [2.45, 2.75) is 4.90 Å². The van der Waals surface area contributed by atoms with Crippen LogP contribution in [0.3, 0.4) is 0 Å². The molecular weight excluding hydrogens is 363 g/mol. The minimum atomic E-state index is -3.80. The number of benzene rings is 2. The molecule has 2 N–H and O–H groups in total. The van der Waals surface area contributed by atoms with Gasteiger partial charge in [-0.1, -0.05) is 0 Å². The Morgan fingerprint density at radius 2 is 1.77 bits per heavy atom. The van der Waals surface area contributed by atoms with Crippen molar-refractivity contribution in [1.82, 2.24) is 4.31 Å². The molecule has 0 saturated carbocycles. The Hall–Kier alpha value is -2.49. The predicted molar refractivity (Wildman–Crippen MR) is 92.0 cm³/mol. The van der Waals surface area contributed by atoms with Gasteiger partial charge in [-0.3, -0.25) is 4.79 Å². The van der Waals surface area contributed by atoms with Crippen molar-refractivity contribution >= 4 is 21.6 Å². The van der Waals surface area contributed by atoms with Gasteiger partial charge in [0.15, 0.2) is 0 Å². The smallest absolute Gasteiger partial charge is 0.259 e. The third-order valence-electron chi connectivity index (χ3n) is 3.92. The molecule has 1 amide bonds. The number of aromatic hydroxyl groups is 1. The maximum Gasteiger partial charge on any atom is 0.259 e. The molecule has 7 nitrogen and oxygen atoms in total. The van der Waals surface area contributed by atoms with Gasteiger partial charge in [-0.25, -0.2) is 12.8 Å². The van der Waals surface area contributed by atoms with E-state index in [1.807, 2.05) is 0 Å².